The minimum atomic E-state index is -4.21. The van der Waals surface area contributed by atoms with Crippen molar-refractivity contribution in [3.63, 3.8) is 0 Å². The van der Waals surface area contributed by atoms with Crippen LogP contribution in [0.25, 0.3) is 0 Å². The number of sulfonamides is 1. The lowest BCUT2D eigenvalue weighted by Crippen LogP contribution is -2.51. The third kappa shape index (κ3) is 8.47. The van der Waals surface area contributed by atoms with Crippen LogP contribution in [0.15, 0.2) is 76.1 Å². The number of carbonyl (C=O) groups is 2. The minimum Gasteiger partial charge on any atom is -0.496 e. The molecule has 0 saturated heterocycles. The van der Waals surface area contributed by atoms with Crippen LogP contribution in [0.4, 0.5) is 5.69 Å². The molecule has 3 aromatic carbocycles. The molecule has 0 aliphatic rings. The van der Waals surface area contributed by atoms with Gasteiger partial charge in [0, 0.05) is 18.1 Å². The second-order valence-electron chi connectivity index (χ2n) is 10.1. The summed E-state index contributed by atoms with van der Waals surface area (Å²) in [5, 5.41) is 3.41. The molecular formula is C30H35BrClN3O5S. The normalized spacial score (nSPS) is 12.1. The van der Waals surface area contributed by atoms with Crippen LogP contribution in [0.3, 0.4) is 0 Å². The van der Waals surface area contributed by atoms with E-state index < -0.39 is 28.5 Å². The summed E-state index contributed by atoms with van der Waals surface area (Å²) in [4.78, 5) is 28.4. The van der Waals surface area contributed by atoms with Crippen LogP contribution in [0.2, 0.25) is 5.02 Å². The highest BCUT2D eigenvalue weighted by Gasteiger charge is 2.33. The zero-order valence-corrected chi connectivity index (χ0v) is 26.9. The van der Waals surface area contributed by atoms with Crippen molar-refractivity contribution in [3.05, 3.63) is 87.4 Å². The molecule has 0 fully saturated rings. The summed E-state index contributed by atoms with van der Waals surface area (Å²) >= 11 is 9.41. The van der Waals surface area contributed by atoms with E-state index in [0.29, 0.717) is 27.5 Å². The van der Waals surface area contributed by atoms with Gasteiger partial charge in [-0.05, 0) is 83.7 Å². The van der Waals surface area contributed by atoms with Crippen LogP contribution in [0, 0.1) is 12.8 Å². The van der Waals surface area contributed by atoms with Gasteiger partial charge in [-0.15, -0.1) is 0 Å². The Morgan fingerprint density at radius 2 is 1.63 bits per heavy atom. The van der Waals surface area contributed by atoms with E-state index in [1.165, 1.54) is 24.1 Å². The van der Waals surface area contributed by atoms with E-state index in [2.05, 4.69) is 21.2 Å². The second-order valence-corrected chi connectivity index (χ2v) is 13.3. The quantitative estimate of drug-likeness (QED) is 0.264. The third-order valence-corrected chi connectivity index (χ3v) is 9.07. The fraction of sp³-hybridized carbons (Fsp3) is 0.333. The van der Waals surface area contributed by atoms with Gasteiger partial charge in [-0.2, -0.15) is 0 Å². The number of rotatable bonds is 12. The summed E-state index contributed by atoms with van der Waals surface area (Å²) in [5.74, 6) is -0.177. The van der Waals surface area contributed by atoms with Crippen LogP contribution >= 0.6 is 27.5 Å². The van der Waals surface area contributed by atoms with Crippen molar-refractivity contribution in [1.82, 2.24) is 10.2 Å². The van der Waals surface area contributed by atoms with Gasteiger partial charge in [-0.3, -0.25) is 13.9 Å². The Balaban J connectivity index is 2.03. The van der Waals surface area contributed by atoms with Gasteiger partial charge in [0.2, 0.25) is 11.8 Å². The Labute approximate surface area is 255 Å². The lowest BCUT2D eigenvalue weighted by Gasteiger charge is -2.32. The maximum atomic E-state index is 14.0. The summed E-state index contributed by atoms with van der Waals surface area (Å²) < 4.78 is 34.8. The van der Waals surface area contributed by atoms with Crippen molar-refractivity contribution >= 4 is 55.1 Å². The highest BCUT2D eigenvalue weighted by atomic mass is 79.9. The minimum absolute atomic E-state index is 0.0227. The number of methoxy groups -OCH3 is 1. The Morgan fingerprint density at radius 1 is 1.00 bits per heavy atom. The smallest absolute Gasteiger partial charge is 0.264 e. The van der Waals surface area contributed by atoms with Crippen LogP contribution < -0.4 is 14.4 Å². The van der Waals surface area contributed by atoms with Crippen LogP contribution in [-0.2, 0) is 26.2 Å². The molecule has 0 aliphatic carbocycles. The van der Waals surface area contributed by atoms with Gasteiger partial charge in [0.25, 0.3) is 10.0 Å². The van der Waals surface area contributed by atoms with Gasteiger partial charge >= 0.3 is 0 Å². The maximum absolute atomic E-state index is 14.0. The Hall–Kier alpha value is -3.08. The van der Waals surface area contributed by atoms with E-state index in [1.54, 1.807) is 61.5 Å². The number of anilines is 1. The van der Waals surface area contributed by atoms with Crippen molar-refractivity contribution in [2.24, 2.45) is 5.92 Å². The molecule has 3 aromatic rings. The molecule has 1 atom stereocenters. The first-order valence-corrected chi connectivity index (χ1v) is 15.7. The average Bonchev–Trinajstić information content (AvgIpc) is 2.94. The third-order valence-electron chi connectivity index (χ3n) is 6.43. The summed E-state index contributed by atoms with van der Waals surface area (Å²) in [6.45, 7) is 7.48. The number of hydrogen-bond acceptors (Lipinski definition) is 5. The van der Waals surface area contributed by atoms with E-state index in [-0.39, 0.29) is 23.3 Å². The lowest BCUT2D eigenvalue weighted by atomic mass is 10.1. The standard InChI is InChI=1S/C30H35BrClN3O5S/c1-20(2)17-33-30(37)22(4)34(18-23-8-10-24(32)11-9-23)29(36)19-35(25-12-6-21(3)7-13-25)41(38,39)26-14-15-28(40-5)27(31)16-26/h6-16,20,22H,17-19H2,1-5H3,(H,33,37). The molecule has 0 bridgehead atoms. The Kier molecular flexibility index (Phi) is 11.2. The molecule has 3 rings (SSSR count). The molecule has 0 heterocycles. The van der Waals surface area contributed by atoms with Gasteiger partial charge in [0.1, 0.15) is 18.3 Å². The van der Waals surface area contributed by atoms with Gasteiger partial charge in [0.05, 0.1) is 22.2 Å². The highest BCUT2D eigenvalue weighted by molar-refractivity contribution is 9.10. The molecule has 11 heteroatoms. The first-order chi connectivity index (χ1) is 19.3. The molecule has 0 radical (unpaired) electrons. The first kappa shape index (κ1) is 32.4. The molecule has 0 aromatic heterocycles. The molecule has 8 nitrogen and oxygen atoms in total. The summed E-state index contributed by atoms with van der Waals surface area (Å²) in [5.41, 5.74) is 2.00. The van der Waals surface area contributed by atoms with Crippen LogP contribution in [0.1, 0.15) is 31.9 Å². The van der Waals surface area contributed by atoms with Crippen molar-refractivity contribution < 1.29 is 22.7 Å². The zero-order valence-electron chi connectivity index (χ0n) is 23.7. The number of amides is 2. The topological polar surface area (TPSA) is 96.0 Å². The monoisotopic (exact) mass is 663 g/mol. The summed E-state index contributed by atoms with van der Waals surface area (Å²) in [6, 6.07) is 17.3. The number of nitrogens with zero attached hydrogens (tertiary/aromatic N) is 2. The summed E-state index contributed by atoms with van der Waals surface area (Å²) in [7, 11) is -2.72. The van der Waals surface area contributed by atoms with Crippen molar-refractivity contribution in [2.45, 2.75) is 45.2 Å². The van der Waals surface area contributed by atoms with Crippen LogP contribution in [0.5, 0.6) is 5.75 Å². The first-order valence-electron chi connectivity index (χ1n) is 13.1. The van der Waals surface area contributed by atoms with E-state index in [9.17, 15) is 18.0 Å². The molecular weight excluding hydrogens is 630 g/mol. The number of benzene rings is 3. The molecule has 2 amide bonds. The van der Waals surface area contributed by atoms with E-state index in [1.807, 2.05) is 20.8 Å². The van der Waals surface area contributed by atoms with E-state index in [4.69, 9.17) is 16.3 Å². The van der Waals surface area contributed by atoms with Gasteiger partial charge in [-0.25, -0.2) is 8.42 Å². The molecule has 0 aliphatic heterocycles. The molecule has 0 saturated carbocycles. The van der Waals surface area contributed by atoms with Gasteiger partial charge < -0.3 is 15.0 Å². The van der Waals surface area contributed by atoms with E-state index in [0.717, 1.165) is 15.4 Å². The van der Waals surface area contributed by atoms with Crippen molar-refractivity contribution in [1.29, 1.82) is 0 Å². The number of carbonyl (C=O) groups excluding carboxylic acids is 2. The molecule has 220 valence electrons. The Morgan fingerprint density at radius 3 is 2.20 bits per heavy atom. The Bertz CT molecular complexity index is 1460. The maximum Gasteiger partial charge on any atom is 0.264 e. The van der Waals surface area contributed by atoms with Gasteiger partial charge in [-0.1, -0.05) is 55.3 Å². The summed E-state index contributed by atoms with van der Waals surface area (Å²) in [6.07, 6.45) is 0. The SMILES string of the molecule is COc1ccc(S(=O)(=O)N(CC(=O)N(Cc2ccc(Cl)cc2)C(C)C(=O)NCC(C)C)c2ccc(C)cc2)cc1Br. The number of aryl methyl sites for hydroxylation is 1. The van der Waals surface area contributed by atoms with E-state index >= 15 is 0 Å². The number of halogens is 2. The largest absolute Gasteiger partial charge is 0.496 e. The van der Waals surface area contributed by atoms with Crippen LogP contribution in [-0.4, -0.2) is 51.4 Å². The van der Waals surface area contributed by atoms with Gasteiger partial charge in [0.15, 0.2) is 0 Å². The van der Waals surface area contributed by atoms with Crippen molar-refractivity contribution in [3.8, 4) is 5.75 Å². The van der Waals surface area contributed by atoms with Crippen molar-refractivity contribution in [2.75, 3.05) is 24.5 Å². The number of ether oxygens (including phenoxy) is 1. The fourth-order valence-electron chi connectivity index (χ4n) is 4.00. The lowest BCUT2D eigenvalue weighted by molar-refractivity contribution is -0.139. The number of nitrogens with one attached hydrogen (secondary N) is 1. The molecule has 1 N–H and O–H groups in total. The predicted molar refractivity (Wildman–Crippen MR) is 166 cm³/mol. The molecule has 41 heavy (non-hydrogen) atoms. The average molecular weight is 665 g/mol. The highest BCUT2D eigenvalue weighted by Crippen LogP contribution is 2.31. The molecule has 1 unspecified atom stereocenters. The predicted octanol–water partition coefficient (Wildman–Crippen LogP) is 5.80. The number of hydrogen-bond donors (Lipinski definition) is 1. The second kappa shape index (κ2) is 14.2. The fourth-order valence-corrected chi connectivity index (χ4v) is 6.26. The zero-order chi connectivity index (χ0) is 30.3. The molecule has 0 spiro atoms.